The van der Waals surface area contributed by atoms with Crippen molar-refractivity contribution in [2.75, 3.05) is 6.54 Å². The molecule has 2 aromatic heterocycles. The Labute approximate surface area is 138 Å². The van der Waals surface area contributed by atoms with E-state index in [1.807, 2.05) is 0 Å². The topological polar surface area (TPSA) is 68.8 Å². The number of aryl methyl sites for hydroxylation is 1. The summed E-state index contributed by atoms with van der Waals surface area (Å²) in [6.07, 6.45) is 5.50. The lowest BCUT2D eigenvalue weighted by atomic mass is 9.99. The second kappa shape index (κ2) is 6.52. The van der Waals surface area contributed by atoms with Gasteiger partial charge in [0.15, 0.2) is 0 Å². The zero-order chi connectivity index (χ0) is 16.4. The lowest BCUT2D eigenvalue weighted by Gasteiger charge is -2.23. The molecule has 0 fully saturated rings. The van der Waals surface area contributed by atoms with E-state index in [9.17, 15) is 4.39 Å². The third-order valence-electron chi connectivity index (χ3n) is 4.29. The number of nitrogens with one attached hydrogen (secondary N) is 1. The molecule has 0 bridgehead atoms. The first-order valence-electron chi connectivity index (χ1n) is 8.05. The van der Waals surface area contributed by atoms with Crippen LogP contribution in [0.1, 0.15) is 17.9 Å². The Morgan fingerprint density at radius 2 is 2.33 bits per heavy atom. The van der Waals surface area contributed by atoms with Crippen LogP contribution >= 0.6 is 0 Å². The van der Waals surface area contributed by atoms with Crippen LogP contribution in [0.5, 0.6) is 0 Å². The summed E-state index contributed by atoms with van der Waals surface area (Å²) in [6, 6.07) is 6.25. The van der Waals surface area contributed by atoms with Gasteiger partial charge in [-0.2, -0.15) is 0 Å². The molecule has 1 aliphatic rings. The number of benzene rings is 1. The number of fused-ring (bicyclic) bond motifs is 1. The molecule has 0 amide bonds. The maximum absolute atomic E-state index is 13.3. The van der Waals surface area contributed by atoms with Crippen LogP contribution < -0.4 is 5.32 Å². The van der Waals surface area contributed by atoms with Gasteiger partial charge in [-0.1, -0.05) is 6.07 Å². The molecule has 124 valence electrons. The molecular formula is C17H18FN5O. The predicted octanol–water partition coefficient (Wildman–Crippen LogP) is 2.42. The molecule has 1 aliphatic heterocycles. The summed E-state index contributed by atoms with van der Waals surface area (Å²) in [7, 11) is 0. The molecule has 1 N–H and O–H groups in total. The van der Waals surface area contributed by atoms with Gasteiger partial charge < -0.3 is 14.3 Å². The zero-order valence-electron chi connectivity index (χ0n) is 13.2. The maximum Gasteiger partial charge on any atom is 0.226 e. The van der Waals surface area contributed by atoms with Crippen LogP contribution in [0.4, 0.5) is 4.39 Å². The Hall–Kier alpha value is -2.54. The Morgan fingerprint density at radius 3 is 3.25 bits per heavy atom. The smallest absolute Gasteiger partial charge is 0.226 e. The number of hydrogen-bond acceptors (Lipinski definition) is 5. The summed E-state index contributed by atoms with van der Waals surface area (Å²) in [5.41, 5.74) is 1.46. The minimum atomic E-state index is -0.295. The molecule has 0 spiro atoms. The van der Waals surface area contributed by atoms with Crippen molar-refractivity contribution in [3.05, 3.63) is 54.2 Å². The fraction of sp³-hybridized carbons (Fsp3) is 0.353. The lowest BCUT2D eigenvalue weighted by molar-refractivity contribution is 0.347. The second-order valence-electron chi connectivity index (χ2n) is 6.09. The standard InChI is InChI=1S/C17H18FN5O/c18-14-3-1-2-13(6-14)17-21-15(10-24-17)8-19-7-12-4-5-16-22-20-11-23(16)9-12/h1-3,6,10-12,19H,4-5,7-9H2/t12-/m0/s1. The predicted molar refractivity (Wildman–Crippen MR) is 85.4 cm³/mol. The largest absolute Gasteiger partial charge is 0.444 e. The molecule has 1 aromatic carbocycles. The van der Waals surface area contributed by atoms with E-state index < -0.39 is 0 Å². The molecule has 3 aromatic rings. The van der Waals surface area contributed by atoms with Crippen LogP contribution in [0.2, 0.25) is 0 Å². The molecule has 0 saturated carbocycles. The summed E-state index contributed by atoms with van der Waals surface area (Å²) >= 11 is 0. The minimum absolute atomic E-state index is 0.295. The third-order valence-corrected chi connectivity index (χ3v) is 4.29. The van der Waals surface area contributed by atoms with Gasteiger partial charge >= 0.3 is 0 Å². The number of nitrogens with zero attached hydrogens (tertiary/aromatic N) is 4. The van der Waals surface area contributed by atoms with Crippen molar-refractivity contribution in [1.29, 1.82) is 0 Å². The first kappa shape index (κ1) is 15.0. The molecule has 0 radical (unpaired) electrons. The van der Waals surface area contributed by atoms with Crippen LogP contribution in [0.15, 0.2) is 41.3 Å². The van der Waals surface area contributed by atoms with E-state index in [0.717, 1.165) is 37.4 Å². The molecular weight excluding hydrogens is 309 g/mol. The fourth-order valence-electron chi connectivity index (χ4n) is 3.04. The summed E-state index contributed by atoms with van der Waals surface area (Å²) in [5.74, 6) is 1.78. The Morgan fingerprint density at radius 1 is 1.38 bits per heavy atom. The number of hydrogen-bond donors (Lipinski definition) is 1. The van der Waals surface area contributed by atoms with Gasteiger partial charge in [-0.15, -0.1) is 10.2 Å². The van der Waals surface area contributed by atoms with Crippen LogP contribution in [0.25, 0.3) is 11.5 Å². The summed E-state index contributed by atoms with van der Waals surface area (Å²) in [6.45, 7) is 2.48. The highest BCUT2D eigenvalue weighted by atomic mass is 19.1. The zero-order valence-corrected chi connectivity index (χ0v) is 13.2. The van der Waals surface area contributed by atoms with E-state index in [2.05, 4.69) is 25.1 Å². The van der Waals surface area contributed by atoms with Gasteiger partial charge in [0.2, 0.25) is 5.89 Å². The number of rotatable bonds is 5. The Balaban J connectivity index is 1.31. The molecule has 4 rings (SSSR count). The van der Waals surface area contributed by atoms with Crippen molar-refractivity contribution in [3.8, 4) is 11.5 Å². The van der Waals surface area contributed by atoms with Crippen LogP contribution in [0, 0.1) is 11.7 Å². The number of oxazole rings is 1. The van der Waals surface area contributed by atoms with Gasteiger partial charge in [-0.25, -0.2) is 9.37 Å². The molecule has 7 heteroatoms. The summed E-state index contributed by atoms with van der Waals surface area (Å²) < 4.78 is 20.8. The van der Waals surface area contributed by atoms with Crippen molar-refractivity contribution >= 4 is 0 Å². The average Bonchev–Trinajstić information content (AvgIpc) is 3.23. The summed E-state index contributed by atoms with van der Waals surface area (Å²) in [5, 5.41) is 11.5. The van der Waals surface area contributed by atoms with E-state index in [4.69, 9.17) is 4.42 Å². The van der Waals surface area contributed by atoms with Gasteiger partial charge in [0.25, 0.3) is 0 Å². The van der Waals surface area contributed by atoms with Gasteiger partial charge in [0.05, 0.1) is 5.69 Å². The molecule has 0 unspecified atom stereocenters. The highest BCUT2D eigenvalue weighted by Gasteiger charge is 2.19. The first-order chi connectivity index (χ1) is 11.8. The monoisotopic (exact) mass is 327 g/mol. The van der Waals surface area contributed by atoms with Gasteiger partial charge in [-0.05, 0) is 30.5 Å². The van der Waals surface area contributed by atoms with Gasteiger partial charge in [0, 0.05) is 31.6 Å². The van der Waals surface area contributed by atoms with E-state index in [1.54, 1.807) is 24.7 Å². The third kappa shape index (κ3) is 3.21. The maximum atomic E-state index is 13.3. The summed E-state index contributed by atoms with van der Waals surface area (Å²) in [4.78, 5) is 4.41. The van der Waals surface area contributed by atoms with E-state index in [-0.39, 0.29) is 5.82 Å². The van der Waals surface area contributed by atoms with Crippen molar-refractivity contribution in [3.63, 3.8) is 0 Å². The first-order valence-corrected chi connectivity index (χ1v) is 8.05. The van der Waals surface area contributed by atoms with Crippen LogP contribution in [-0.2, 0) is 19.5 Å². The van der Waals surface area contributed by atoms with Crippen molar-refractivity contribution in [2.24, 2.45) is 5.92 Å². The Kier molecular flexibility index (Phi) is 4.08. The molecule has 1 atom stereocenters. The van der Waals surface area contributed by atoms with E-state index in [1.165, 1.54) is 12.1 Å². The SMILES string of the molecule is Fc1cccc(-c2nc(CNC[C@@H]3CCc4nncn4C3)co2)c1. The van der Waals surface area contributed by atoms with Crippen LogP contribution in [-0.4, -0.2) is 26.3 Å². The highest BCUT2D eigenvalue weighted by Crippen LogP contribution is 2.20. The fourth-order valence-corrected chi connectivity index (χ4v) is 3.04. The molecule has 0 saturated heterocycles. The normalized spacial score (nSPS) is 17.0. The second-order valence-corrected chi connectivity index (χ2v) is 6.09. The van der Waals surface area contributed by atoms with Crippen LogP contribution in [0.3, 0.4) is 0 Å². The van der Waals surface area contributed by atoms with Gasteiger partial charge in [0.1, 0.15) is 24.2 Å². The van der Waals surface area contributed by atoms with Crippen molar-refractivity contribution in [1.82, 2.24) is 25.1 Å². The van der Waals surface area contributed by atoms with Gasteiger partial charge in [-0.3, -0.25) is 0 Å². The average molecular weight is 327 g/mol. The minimum Gasteiger partial charge on any atom is -0.444 e. The number of aromatic nitrogens is 4. The number of halogens is 1. The quantitative estimate of drug-likeness (QED) is 0.779. The molecule has 24 heavy (non-hydrogen) atoms. The molecule has 6 nitrogen and oxygen atoms in total. The van der Waals surface area contributed by atoms with Crippen molar-refractivity contribution in [2.45, 2.75) is 25.9 Å². The van der Waals surface area contributed by atoms with Crippen molar-refractivity contribution < 1.29 is 8.81 Å². The molecule has 0 aliphatic carbocycles. The molecule has 3 heterocycles. The highest BCUT2D eigenvalue weighted by molar-refractivity contribution is 5.52. The Bertz CT molecular complexity index is 828. The lowest BCUT2D eigenvalue weighted by Crippen LogP contribution is -2.29. The van der Waals surface area contributed by atoms with E-state index in [0.29, 0.717) is 23.9 Å². The van der Waals surface area contributed by atoms with E-state index >= 15 is 0 Å².